The number of carbonyl (C=O) groups excluding carboxylic acids is 4. The molecule has 3 N–H and O–H groups in total. The number of hydrogen-bond donors (Lipinski definition) is 3. The molecule has 0 fully saturated rings. The molecule has 0 aliphatic carbocycles. The number of esters is 1. The third-order valence-electron chi connectivity index (χ3n) is 4.67. The fourth-order valence-corrected chi connectivity index (χ4v) is 2.99. The zero-order chi connectivity index (χ0) is 25.8. The van der Waals surface area contributed by atoms with E-state index in [1.54, 1.807) is 20.8 Å². The Morgan fingerprint density at radius 1 is 0.857 bits per heavy atom. The average Bonchev–Trinajstić information content (AvgIpc) is 2.81. The molecule has 9 nitrogen and oxygen atoms in total. The summed E-state index contributed by atoms with van der Waals surface area (Å²) >= 11 is 0. The van der Waals surface area contributed by atoms with E-state index >= 15 is 0 Å². The van der Waals surface area contributed by atoms with Crippen molar-refractivity contribution in [1.82, 2.24) is 16.0 Å². The minimum Gasteiger partial charge on any atom is -0.459 e. The first kappa shape index (κ1) is 27.4. The van der Waals surface area contributed by atoms with Gasteiger partial charge in [0, 0.05) is 6.42 Å². The van der Waals surface area contributed by atoms with Crippen LogP contribution in [0.4, 0.5) is 4.79 Å². The van der Waals surface area contributed by atoms with Gasteiger partial charge in [-0.3, -0.25) is 9.59 Å². The molecular formula is C26H33N3O6. The maximum atomic E-state index is 12.8. The van der Waals surface area contributed by atoms with Gasteiger partial charge in [0.25, 0.3) is 0 Å². The highest BCUT2D eigenvalue weighted by Crippen LogP contribution is 2.08. The van der Waals surface area contributed by atoms with Crippen molar-refractivity contribution in [3.63, 3.8) is 0 Å². The molecule has 9 heteroatoms. The minimum absolute atomic E-state index is 0.0729. The van der Waals surface area contributed by atoms with Crippen molar-refractivity contribution in [2.24, 2.45) is 0 Å². The van der Waals surface area contributed by atoms with Gasteiger partial charge in [-0.1, -0.05) is 60.7 Å². The number of benzene rings is 2. The Kier molecular flexibility index (Phi) is 10.3. The predicted molar refractivity (Wildman–Crippen MR) is 130 cm³/mol. The maximum Gasteiger partial charge on any atom is 0.408 e. The molecule has 188 valence electrons. The summed E-state index contributed by atoms with van der Waals surface area (Å²) in [4.78, 5) is 49.4. The quantitative estimate of drug-likeness (QED) is 0.446. The summed E-state index contributed by atoms with van der Waals surface area (Å²) in [7, 11) is 0. The lowest BCUT2D eigenvalue weighted by atomic mass is 10.1. The van der Waals surface area contributed by atoms with Crippen LogP contribution in [0, 0.1) is 0 Å². The topological polar surface area (TPSA) is 123 Å². The summed E-state index contributed by atoms with van der Waals surface area (Å²) in [5.74, 6) is -1.73. The molecule has 2 aromatic rings. The van der Waals surface area contributed by atoms with Crippen LogP contribution in [-0.2, 0) is 36.9 Å². The molecule has 0 spiro atoms. The van der Waals surface area contributed by atoms with Gasteiger partial charge in [-0.25, -0.2) is 9.59 Å². The Bertz CT molecular complexity index is 989. The van der Waals surface area contributed by atoms with Crippen molar-refractivity contribution in [3.8, 4) is 0 Å². The van der Waals surface area contributed by atoms with E-state index in [0.29, 0.717) is 0 Å². The highest BCUT2D eigenvalue weighted by molar-refractivity contribution is 5.91. The van der Waals surface area contributed by atoms with Crippen LogP contribution < -0.4 is 16.0 Å². The third kappa shape index (κ3) is 10.7. The second-order valence-electron chi connectivity index (χ2n) is 8.99. The standard InChI is InChI=1S/C26H33N3O6/c1-18(28-22(30)16-27-25(33)35-26(2,3)4)23(31)29-21(15-19-11-7-5-8-12-19)24(32)34-17-20-13-9-6-10-14-20/h5-14,18,21H,15-17H2,1-4H3,(H,27,33)(H,28,30)(H,29,31)/t18-,21+/m1/s1. The fraction of sp³-hybridized carbons (Fsp3) is 0.385. The lowest BCUT2D eigenvalue weighted by Crippen LogP contribution is -2.52. The predicted octanol–water partition coefficient (Wildman–Crippen LogP) is 2.49. The molecule has 0 saturated carbocycles. The molecule has 2 atom stereocenters. The van der Waals surface area contributed by atoms with Crippen LogP contribution >= 0.6 is 0 Å². The van der Waals surface area contributed by atoms with Gasteiger partial charge in [0.15, 0.2) is 0 Å². The Labute approximate surface area is 205 Å². The molecule has 0 heterocycles. The molecule has 2 rings (SSSR count). The van der Waals surface area contributed by atoms with Gasteiger partial charge in [0.1, 0.15) is 30.8 Å². The second kappa shape index (κ2) is 13.1. The number of carbonyl (C=O) groups is 4. The molecule has 2 aromatic carbocycles. The number of rotatable bonds is 10. The van der Waals surface area contributed by atoms with Crippen LogP contribution in [0.3, 0.4) is 0 Å². The smallest absolute Gasteiger partial charge is 0.408 e. The Morgan fingerprint density at radius 2 is 1.43 bits per heavy atom. The fourth-order valence-electron chi connectivity index (χ4n) is 2.99. The molecule has 0 aliphatic heterocycles. The first-order valence-corrected chi connectivity index (χ1v) is 11.3. The highest BCUT2D eigenvalue weighted by Gasteiger charge is 2.26. The molecular weight excluding hydrogens is 450 g/mol. The summed E-state index contributed by atoms with van der Waals surface area (Å²) in [6.45, 7) is 6.31. The van der Waals surface area contributed by atoms with Crippen molar-refractivity contribution in [3.05, 3.63) is 71.8 Å². The van der Waals surface area contributed by atoms with Crippen molar-refractivity contribution in [2.75, 3.05) is 6.54 Å². The lowest BCUT2D eigenvalue weighted by Gasteiger charge is -2.21. The van der Waals surface area contributed by atoms with E-state index in [-0.39, 0.29) is 19.6 Å². The van der Waals surface area contributed by atoms with Crippen LogP contribution in [0.2, 0.25) is 0 Å². The lowest BCUT2D eigenvalue weighted by molar-refractivity contribution is -0.149. The Morgan fingerprint density at radius 3 is 2.00 bits per heavy atom. The summed E-state index contributed by atoms with van der Waals surface area (Å²) < 4.78 is 10.5. The average molecular weight is 484 g/mol. The van der Waals surface area contributed by atoms with Crippen molar-refractivity contribution >= 4 is 23.9 Å². The van der Waals surface area contributed by atoms with Gasteiger partial charge in [0.05, 0.1) is 0 Å². The number of ether oxygens (including phenoxy) is 2. The normalized spacial score (nSPS) is 12.6. The van der Waals surface area contributed by atoms with Gasteiger partial charge in [-0.05, 0) is 38.8 Å². The van der Waals surface area contributed by atoms with Crippen LogP contribution in [0.1, 0.15) is 38.8 Å². The van der Waals surface area contributed by atoms with Crippen LogP contribution in [0.5, 0.6) is 0 Å². The molecule has 3 amide bonds. The first-order valence-electron chi connectivity index (χ1n) is 11.3. The SMILES string of the molecule is C[C@@H](NC(=O)CNC(=O)OC(C)(C)C)C(=O)N[C@@H](Cc1ccccc1)C(=O)OCc1ccccc1. The summed E-state index contributed by atoms with van der Waals surface area (Å²) in [6.07, 6.45) is -0.519. The monoisotopic (exact) mass is 483 g/mol. The maximum absolute atomic E-state index is 12.8. The zero-order valence-electron chi connectivity index (χ0n) is 20.5. The van der Waals surface area contributed by atoms with Crippen LogP contribution in [-0.4, -0.2) is 48.1 Å². The van der Waals surface area contributed by atoms with Gasteiger partial charge in [0.2, 0.25) is 11.8 Å². The number of hydrogen-bond acceptors (Lipinski definition) is 6. The Balaban J connectivity index is 1.94. The van der Waals surface area contributed by atoms with E-state index in [2.05, 4.69) is 16.0 Å². The summed E-state index contributed by atoms with van der Waals surface area (Å²) in [5.41, 5.74) is 0.966. The first-order chi connectivity index (χ1) is 16.5. The third-order valence-corrected chi connectivity index (χ3v) is 4.67. The molecule has 0 bridgehead atoms. The molecule has 0 saturated heterocycles. The number of amides is 3. The summed E-state index contributed by atoms with van der Waals surface area (Å²) in [5, 5.41) is 7.48. The zero-order valence-corrected chi connectivity index (χ0v) is 20.5. The van der Waals surface area contributed by atoms with Crippen LogP contribution in [0.25, 0.3) is 0 Å². The molecule has 0 aliphatic rings. The second-order valence-corrected chi connectivity index (χ2v) is 8.99. The Hall–Kier alpha value is -3.88. The van der Waals surface area contributed by atoms with E-state index in [9.17, 15) is 19.2 Å². The van der Waals surface area contributed by atoms with E-state index in [4.69, 9.17) is 9.47 Å². The van der Waals surface area contributed by atoms with E-state index in [1.807, 2.05) is 60.7 Å². The minimum atomic E-state index is -0.955. The van der Waals surface area contributed by atoms with Gasteiger partial charge < -0.3 is 25.4 Å². The molecule has 35 heavy (non-hydrogen) atoms. The van der Waals surface area contributed by atoms with Gasteiger partial charge in [-0.15, -0.1) is 0 Å². The largest absolute Gasteiger partial charge is 0.459 e. The van der Waals surface area contributed by atoms with E-state index < -0.39 is 41.6 Å². The number of alkyl carbamates (subject to hydrolysis) is 1. The van der Waals surface area contributed by atoms with Crippen LogP contribution in [0.15, 0.2) is 60.7 Å². The molecule has 0 radical (unpaired) electrons. The summed E-state index contributed by atoms with van der Waals surface area (Å²) in [6, 6.07) is 16.5. The molecule has 0 unspecified atom stereocenters. The van der Waals surface area contributed by atoms with Crippen molar-refractivity contribution < 1.29 is 28.7 Å². The van der Waals surface area contributed by atoms with Gasteiger partial charge >= 0.3 is 12.1 Å². The van der Waals surface area contributed by atoms with Gasteiger partial charge in [-0.2, -0.15) is 0 Å². The highest BCUT2D eigenvalue weighted by atomic mass is 16.6. The molecule has 0 aromatic heterocycles. The van der Waals surface area contributed by atoms with Crippen molar-refractivity contribution in [2.45, 2.75) is 58.4 Å². The van der Waals surface area contributed by atoms with Crippen molar-refractivity contribution in [1.29, 1.82) is 0 Å². The number of nitrogens with one attached hydrogen (secondary N) is 3. The van der Waals surface area contributed by atoms with E-state index in [0.717, 1.165) is 11.1 Å². The van der Waals surface area contributed by atoms with E-state index in [1.165, 1.54) is 6.92 Å².